The molecule has 2 aromatic carbocycles. The second kappa shape index (κ2) is 7.27. The number of nitrogens with one attached hydrogen (secondary N) is 4. The van der Waals surface area contributed by atoms with Crippen LogP contribution in [0.3, 0.4) is 0 Å². The normalized spacial score (nSPS) is 10.9. The number of carbonyl (C=O) groups excluding carboxylic acids is 2. The van der Waals surface area contributed by atoms with Gasteiger partial charge in [-0.3, -0.25) is 20.4 Å². The summed E-state index contributed by atoms with van der Waals surface area (Å²) in [6, 6.07) is 14.9. The third kappa shape index (κ3) is 3.50. The Morgan fingerprint density at radius 1 is 0.897 bits per heavy atom. The van der Waals surface area contributed by atoms with Crippen LogP contribution in [0.1, 0.15) is 37.5 Å². The zero-order chi connectivity index (χ0) is 20.5. The number of nitrogens with zero attached hydrogens (tertiary/aromatic N) is 1. The molecule has 4 aromatic rings. The lowest BCUT2D eigenvalue weighted by atomic mass is 10.1. The van der Waals surface area contributed by atoms with E-state index in [1.807, 2.05) is 51.1 Å². The fourth-order valence-electron chi connectivity index (χ4n) is 3.43. The van der Waals surface area contributed by atoms with Gasteiger partial charge < -0.3 is 9.97 Å². The van der Waals surface area contributed by atoms with Gasteiger partial charge in [-0.1, -0.05) is 29.8 Å². The minimum absolute atomic E-state index is 0.370. The van der Waals surface area contributed by atoms with Gasteiger partial charge in [0, 0.05) is 11.3 Å². The number of aromatic nitrogens is 3. The van der Waals surface area contributed by atoms with E-state index in [9.17, 15) is 9.59 Å². The van der Waals surface area contributed by atoms with Gasteiger partial charge in [-0.2, -0.15) is 0 Å². The van der Waals surface area contributed by atoms with Crippen molar-refractivity contribution in [2.75, 3.05) is 0 Å². The smallest absolute Gasteiger partial charge is 0.271 e. The fraction of sp³-hybridized carbons (Fsp3) is 0.136. The van der Waals surface area contributed by atoms with Gasteiger partial charge in [0.15, 0.2) is 5.82 Å². The lowest BCUT2D eigenvalue weighted by molar-refractivity contribution is 0.0846. The largest absolute Gasteiger partial charge is 0.355 e. The molecule has 7 nitrogen and oxygen atoms in total. The Balaban J connectivity index is 1.55. The molecule has 7 heteroatoms. The SMILES string of the molecule is Cc1cccc(C(=O)NNC(=O)c2c(C)[nH]c(-c3nc4ccccc4[nH]3)c2C)c1. The van der Waals surface area contributed by atoms with Crippen molar-refractivity contribution in [2.45, 2.75) is 20.8 Å². The van der Waals surface area contributed by atoms with E-state index in [-0.39, 0.29) is 11.8 Å². The van der Waals surface area contributed by atoms with Crippen LogP contribution in [0, 0.1) is 20.8 Å². The van der Waals surface area contributed by atoms with Crippen molar-refractivity contribution in [3.63, 3.8) is 0 Å². The Bertz CT molecular complexity index is 1200. The fourth-order valence-corrected chi connectivity index (χ4v) is 3.43. The van der Waals surface area contributed by atoms with Crippen LogP contribution in [0.15, 0.2) is 48.5 Å². The Hall–Kier alpha value is -3.87. The number of rotatable bonds is 3. The molecule has 0 aliphatic carbocycles. The molecular weight excluding hydrogens is 366 g/mol. The van der Waals surface area contributed by atoms with Gasteiger partial charge in [0.1, 0.15) is 0 Å². The summed E-state index contributed by atoms with van der Waals surface area (Å²) in [5.74, 6) is -0.0975. The van der Waals surface area contributed by atoms with Gasteiger partial charge in [0.2, 0.25) is 0 Å². The highest BCUT2D eigenvalue weighted by Crippen LogP contribution is 2.27. The highest BCUT2D eigenvalue weighted by molar-refractivity contribution is 6.01. The molecule has 4 rings (SSSR count). The number of aryl methyl sites for hydroxylation is 2. The van der Waals surface area contributed by atoms with E-state index in [4.69, 9.17) is 0 Å². The molecule has 0 atom stereocenters. The number of H-pyrrole nitrogens is 2. The highest BCUT2D eigenvalue weighted by Gasteiger charge is 2.21. The molecule has 0 aliphatic rings. The summed E-state index contributed by atoms with van der Waals surface area (Å²) in [7, 11) is 0. The maximum Gasteiger partial charge on any atom is 0.271 e. The third-order valence-electron chi connectivity index (χ3n) is 4.86. The number of fused-ring (bicyclic) bond motifs is 1. The maximum atomic E-state index is 12.7. The van der Waals surface area contributed by atoms with Crippen molar-refractivity contribution in [1.29, 1.82) is 0 Å². The minimum atomic E-state index is -0.389. The van der Waals surface area contributed by atoms with E-state index in [2.05, 4.69) is 25.8 Å². The molecule has 0 saturated heterocycles. The quantitative estimate of drug-likeness (QED) is 0.404. The monoisotopic (exact) mass is 387 g/mol. The molecule has 0 fully saturated rings. The number of para-hydroxylation sites is 2. The Morgan fingerprint density at radius 2 is 1.66 bits per heavy atom. The van der Waals surface area contributed by atoms with Gasteiger partial charge >= 0.3 is 0 Å². The number of amides is 2. The highest BCUT2D eigenvalue weighted by atomic mass is 16.2. The van der Waals surface area contributed by atoms with Crippen molar-refractivity contribution in [1.82, 2.24) is 25.8 Å². The zero-order valence-electron chi connectivity index (χ0n) is 16.4. The first-order valence-corrected chi connectivity index (χ1v) is 9.25. The predicted molar refractivity (Wildman–Crippen MR) is 111 cm³/mol. The number of carbonyl (C=O) groups is 2. The summed E-state index contributed by atoms with van der Waals surface area (Å²) < 4.78 is 0. The van der Waals surface area contributed by atoms with Crippen LogP contribution in [0.2, 0.25) is 0 Å². The molecule has 2 amide bonds. The van der Waals surface area contributed by atoms with E-state index < -0.39 is 0 Å². The topological polar surface area (TPSA) is 103 Å². The van der Waals surface area contributed by atoms with Crippen LogP contribution in [-0.2, 0) is 0 Å². The lowest BCUT2D eigenvalue weighted by Crippen LogP contribution is -2.42. The van der Waals surface area contributed by atoms with Gasteiger partial charge in [-0.05, 0) is 50.6 Å². The third-order valence-corrected chi connectivity index (χ3v) is 4.86. The Kier molecular flexibility index (Phi) is 4.64. The van der Waals surface area contributed by atoms with Crippen molar-refractivity contribution < 1.29 is 9.59 Å². The molecule has 146 valence electrons. The molecule has 2 aromatic heterocycles. The van der Waals surface area contributed by atoms with E-state index in [0.717, 1.165) is 27.9 Å². The summed E-state index contributed by atoms with van der Waals surface area (Å²) in [5.41, 5.74) is 10.9. The second-order valence-corrected chi connectivity index (χ2v) is 7.01. The van der Waals surface area contributed by atoms with Gasteiger partial charge in [0.05, 0.1) is 22.3 Å². The van der Waals surface area contributed by atoms with Crippen molar-refractivity contribution in [3.8, 4) is 11.5 Å². The second-order valence-electron chi connectivity index (χ2n) is 7.01. The summed E-state index contributed by atoms with van der Waals surface area (Å²) >= 11 is 0. The van der Waals surface area contributed by atoms with Crippen molar-refractivity contribution in [2.24, 2.45) is 0 Å². The summed E-state index contributed by atoms with van der Waals surface area (Å²) in [4.78, 5) is 36.1. The molecule has 0 bridgehead atoms. The molecule has 29 heavy (non-hydrogen) atoms. The van der Waals surface area contributed by atoms with Crippen molar-refractivity contribution >= 4 is 22.8 Å². The van der Waals surface area contributed by atoms with E-state index in [0.29, 0.717) is 22.6 Å². The average Bonchev–Trinajstić information content (AvgIpc) is 3.26. The van der Waals surface area contributed by atoms with Gasteiger partial charge in [-0.25, -0.2) is 4.98 Å². The molecule has 2 heterocycles. The van der Waals surface area contributed by atoms with Crippen LogP contribution in [0.4, 0.5) is 0 Å². The molecule has 4 N–H and O–H groups in total. The average molecular weight is 387 g/mol. The van der Waals surface area contributed by atoms with Crippen LogP contribution >= 0.6 is 0 Å². The first-order chi connectivity index (χ1) is 13.9. The first kappa shape index (κ1) is 18.5. The molecule has 0 spiro atoms. The van der Waals surface area contributed by atoms with Crippen LogP contribution in [-0.4, -0.2) is 26.8 Å². The van der Waals surface area contributed by atoms with E-state index >= 15 is 0 Å². The van der Waals surface area contributed by atoms with Gasteiger partial charge in [0.25, 0.3) is 11.8 Å². The number of imidazole rings is 1. The van der Waals surface area contributed by atoms with Crippen LogP contribution < -0.4 is 10.9 Å². The molecule has 0 unspecified atom stereocenters. The Labute approximate surface area is 167 Å². The minimum Gasteiger partial charge on any atom is -0.355 e. The van der Waals surface area contributed by atoms with Gasteiger partial charge in [-0.15, -0.1) is 0 Å². The number of hydrogen-bond acceptors (Lipinski definition) is 3. The summed E-state index contributed by atoms with van der Waals surface area (Å²) in [6.45, 7) is 5.57. The predicted octanol–water partition coefficient (Wildman–Crippen LogP) is 3.56. The number of benzene rings is 2. The molecule has 0 saturated carbocycles. The summed E-state index contributed by atoms with van der Waals surface area (Å²) in [5, 5.41) is 0. The standard InChI is InChI=1S/C22H21N5O2/c1-12-7-6-8-15(11-12)21(28)26-27-22(29)18-13(2)19(23-14(18)3)20-24-16-9-4-5-10-17(16)25-20/h4-11,23H,1-3H3,(H,24,25)(H,26,28)(H,27,29). The molecule has 0 radical (unpaired) electrons. The maximum absolute atomic E-state index is 12.7. The number of hydrazine groups is 1. The Morgan fingerprint density at radius 3 is 2.41 bits per heavy atom. The van der Waals surface area contributed by atoms with E-state index in [1.165, 1.54) is 0 Å². The summed E-state index contributed by atoms with van der Waals surface area (Å²) in [6.07, 6.45) is 0. The molecular formula is C22H21N5O2. The first-order valence-electron chi connectivity index (χ1n) is 9.25. The van der Waals surface area contributed by atoms with Crippen LogP contribution in [0.25, 0.3) is 22.6 Å². The molecule has 0 aliphatic heterocycles. The number of hydrogen-bond donors (Lipinski definition) is 4. The van der Waals surface area contributed by atoms with Crippen LogP contribution in [0.5, 0.6) is 0 Å². The lowest BCUT2D eigenvalue weighted by Gasteiger charge is -2.08. The van der Waals surface area contributed by atoms with Crippen molar-refractivity contribution in [3.05, 3.63) is 76.5 Å². The zero-order valence-corrected chi connectivity index (χ0v) is 16.4. The number of aromatic amines is 2. The van der Waals surface area contributed by atoms with E-state index in [1.54, 1.807) is 18.2 Å².